The Kier molecular flexibility index (Phi) is 6.32. The topological polar surface area (TPSA) is 64.4 Å². The Hall–Kier alpha value is -1.59. The van der Waals surface area contributed by atoms with Crippen LogP contribution in [0.5, 0.6) is 5.75 Å². The normalized spacial score (nSPS) is 11.2. The van der Waals surface area contributed by atoms with Crippen LogP contribution in [0.15, 0.2) is 29.8 Å². The molecule has 0 spiro atoms. The zero-order valence-electron chi connectivity index (χ0n) is 10.9. The Morgan fingerprint density at radius 1 is 1.53 bits per heavy atom. The van der Waals surface area contributed by atoms with E-state index in [-0.39, 0.29) is 18.0 Å². The largest absolute Gasteiger partial charge is 0.483 e. The van der Waals surface area contributed by atoms with Crippen molar-refractivity contribution in [2.24, 2.45) is 0 Å². The lowest BCUT2D eigenvalue weighted by Crippen LogP contribution is -2.21. The van der Waals surface area contributed by atoms with E-state index in [1.165, 1.54) is 11.6 Å². The first-order chi connectivity index (χ1) is 9.04. The monoisotopic (exact) mass is 284 g/mol. The zero-order valence-corrected chi connectivity index (χ0v) is 11.7. The number of rotatable bonds is 7. The van der Waals surface area contributed by atoms with Gasteiger partial charge in [0.2, 0.25) is 0 Å². The van der Waals surface area contributed by atoms with E-state index in [0.717, 1.165) is 5.56 Å². The molecular weight excluding hydrogens is 268 g/mol. The smallest absolute Gasteiger partial charge is 0.311 e. The first kappa shape index (κ1) is 15.5. The number of nitro benzene ring substituents is 1. The summed E-state index contributed by atoms with van der Waals surface area (Å²) in [5.41, 5.74) is 2.12. The van der Waals surface area contributed by atoms with Gasteiger partial charge in [0, 0.05) is 24.2 Å². The molecule has 0 aliphatic rings. The fourth-order valence-electron chi connectivity index (χ4n) is 1.43. The minimum Gasteiger partial charge on any atom is -0.483 e. The van der Waals surface area contributed by atoms with E-state index in [0.29, 0.717) is 12.6 Å². The van der Waals surface area contributed by atoms with Gasteiger partial charge in [-0.1, -0.05) is 31.5 Å². The molecule has 1 aromatic rings. The van der Waals surface area contributed by atoms with Crippen molar-refractivity contribution >= 4 is 17.3 Å². The molecule has 1 aromatic carbocycles. The Morgan fingerprint density at radius 3 is 2.84 bits per heavy atom. The van der Waals surface area contributed by atoms with Gasteiger partial charge in [-0.2, -0.15) is 0 Å². The van der Waals surface area contributed by atoms with Gasteiger partial charge in [0.15, 0.2) is 5.75 Å². The second-order valence-electron chi connectivity index (χ2n) is 4.27. The van der Waals surface area contributed by atoms with Crippen LogP contribution in [-0.4, -0.2) is 17.6 Å². The van der Waals surface area contributed by atoms with Crippen molar-refractivity contribution in [3.8, 4) is 5.75 Å². The van der Waals surface area contributed by atoms with Crippen LogP contribution in [0.1, 0.15) is 19.4 Å². The molecule has 0 heterocycles. The van der Waals surface area contributed by atoms with Gasteiger partial charge >= 0.3 is 5.69 Å². The average Bonchev–Trinajstić information content (AvgIpc) is 2.37. The molecule has 0 radical (unpaired) electrons. The van der Waals surface area contributed by atoms with E-state index in [2.05, 4.69) is 5.32 Å². The third-order valence-corrected chi connectivity index (χ3v) is 2.54. The molecule has 19 heavy (non-hydrogen) atoms. The molecule has 0 saturated carbocycles. The minimum absolute atomic E-state index is 0.0361. The quantitative estimate of drug-likeness (QED) is 0.617. The highest BCUT2D eigenvalue weighted by molar-refractivity contribution is 6.25. The second kappa shape index (κ2) is 7.76. The molecule has 0 fully saturated rings. The number of halogens is 1. The molecule has 0 bridgehead atoms. The number of ether oxygens (including phenoxy) is 1. The summed E-state index contributed by atoms with van der Waals surface area (Å²) in [5, 5.41) is 14.2. The van der Waals surface area contributed by atoms with E-state index < -0.39 is 4.92 Å². The molecule has 1 N–H and O–H groups in total. The number of benzene rings is 1. The summed E-state index contributed by atoms with van der Waals surface area (Å²) in [5.74, 6) is 0.244. The molecule has 6 heteroatoms. The van der Waals surface area contributed by atoms with Crippen molar-refractivity contribution in [2.75, 3.05) is 6.61 Å². The van der Waals surface area contributed by atoms with Crippen LogP contribution in [-0.2, 0) is 6.54 Å². The maximum atomic E-state index is 11.0. The van der Waals surface area contributed by atoms with Crippen molar-refractivity contribution in [1.29, 1.82) is 0 Å². The average molecular weight is 285 g/mol. The molecule has 1 rings (SSSR count). The number of nitrogens with one attached hydrogen (secondary N) is 1. The summed E-state index contributed by atoms with van der Waals surface area (Å²) in [4.78, 5) is 10.6. The van der Waals surface area contributed by atoms with Crippen molar-refractivity contribution < 1.29 is 9.66 Å². The van der Waals surface area contributed by atoms with Crippen LogP contribution >= 0.6 is 11.6 Å². The number of hydrogen-bond acceptors (Lipinski definition) is 4. The predicted molar refractivity (Wildman–Crippen MR) is 75.6 cm³/mol. The summed E-state index contributed by atoms with van der Waals surface area (Å²) in [6, 6.07) is 5.26. The lowest BCUT2D eigenvalue weighted by molar-refractivity contribution is -0.385. The molecule has 0 amide bonds. The summed E-state index contributed by atoms with van der Waals surface area (Å²) < 4.78 is 5.29. The van der Waals surface area contributed by atoms with Gasteiger partial charge < -0.3 is 10.1 Å². The summed E-state index contributed by atoms with van der Waals surface area (Å²) in [6.45, 7) is 4.82. The van der Waals surface area contributed by atoms with Crippen molar-refractivity contribution in [2.45, 2.75) is 26.4 Å². The van der Waals surface area contributed by atoms with Gasteiger partial charge in [-0.25, -0.2) is 0 Å². The van der Waals surface area contributed by atoms with Gasteiger partial charge in [-0.15, -0.1) is 0 Å². The van der Waals surface area contributed by atoms with Gasteiger partial charge in [-0.3, -0.25) is 10.1 Å². The molecule has 0 aliphatic heterocycles. The van der Waals surface area contributed by atoms with Gasteiger partial charge in [0.1, 0.15) is 6.61 Å². The maximum Gasteiger partial charge on any atom is 0.311 e. The molecular formula is C13H17ClN2O3. The fourth-order valence-corrected chi connectivity index (χ4v) is 1.51. The minimum atomic E-state index is -0.446. The lowest BCUT2D eigenvalue weighted by Gasteiger charge is -2.09. The molecule has 0 unspecified atom stereocenters. The van der Waals surface area contributed by atoms with Crippen LogP contribution in [0, 0.1) is 10.1 Å². The highest BCUT2D eigenvalue weighted by Crippen LogP contribution is 2.28. The Balaban J connectivity index is 2.85. The van der Waals surface area contributed by atoms with Crippen LogP contribution < -0.4 is 10.1 Å². The molecule has 104 valence electrons. The zero-order chi connectivity index (χ0) is 14.3. The Morgan fingerprint density at radius 2 is 2.26 bits per heavy atom. The highest BCUT2D eigenvalue weighted by Gasteiger charge is 2.15. The van der Waals surface area contributed by atoms with E-state index in [1.807, 2.05) is 19.9 Å². The van der Waals surface area contributed by atoms with Crippen LogP contribution in [0.3, 0.4) is 0 Å². The number of nitrogens with zero attached hydrogens (tertiary/aromatic N) is 1. The molecule has 0 aliphatic carbocycles. The highest BCUT2D eigenvalue weighted by atomic mass is 35.5. The van der Waals surface area contributed by atoms with Crippen LogP contribution in [0.4, 0.5) is 5.69 Å². The van der Waals surface area contributed by atoms with Crippen molar-refractivity contribution in [1.82, 2.24) is 5.32 Å². The molecule has 5 nitrogen and oxygen atoms in total. The van der Waals surface area contributed by atoms with Gasteiger partial charge in [0.05, 0.1) is 4.92 Å². The Labute approximate surface area is 117 Å². The lowest BCUT2D eigenvalue weighted by atomic mass is 10.2. The summed E-state index contributed by atoms with van der Waals surface area (Å²) >= 11 is 5.36. The molecule has 0 atom stereocenters. The third kappa shape index (κ3) is 5.28. The first-order valence-corrected chi connectivity index (χ1v) is 6.37. The third-order valence-electron chi connectivity index (χ3n) is 2.36. The fraction of sp³-hybridized carbons (Fsp3) is 0.385. The summed E-state index contributed by atoms with van der Waals surface area (Å²) in [6.07, 6.45) is 1.57. The second-order valence-corrected chi connectivity index (χ2v) is 4.52. The van der Waals surface area contributed by atoms with E-state index in [9.17, 15) is 10.1 Å². The number of hydrogen-bond donors (Lipinski definition) is 1. The summed E-state index contributed by atoms with van der Waals surface area (Å²) in [7, 11) is 0. The standard InChI is InChI=1S/C13H17ClN2O3/c1-10(2)15-9-11-4-5-13(19-7-3-6-14)12(8-11)16(17)18/h3-6,8,10,15H,7,9H2,1-2H3/b6-3+. The predicted octanol–water partition coefficient (Wildman–Crippen LogP) is 3.22. The Bertz CT molecular complexity index is 461. The van der Waals surface area contributed by atoms with E-state index in [4.69, 9.17) is 16.3 Å². The maximum absolute atomic E-state index is 11.0. The van der Waals surface area contributed by atoms with Gasteiger partial charge in [-0.05, 0) is 17.7 Å². The first-order valence-electron chi connectivity index (χ1n) is 5.93. The van der Waals surface area contributed by atoms with Crippen LogP contribution in [0.25, 0.3) is 0 Å². The number of nitro groups is 1. The van der Waals surface area contributed by atoms with Gasteiger partial charge in [0.25, 0.3) is 0 Å². The molecule has 0 saturated heterocycles. The SMILES string of the molecule is CC(C)NCc1ccc(OC/C=C/Cl)c([N+](=O)[O-])c1. The van der Waals surface area contributed by atoms with E-state index >= 15 is 0 Å². The van der Waals surface area contributed by atoms with E-state index in [1.54, 1.807) is 12.1 Å². The molecule has 0 aromatic heterocycles. The van der Waals surface area contributed by atoms with Crippen molar-refractivity contribution in [3.63, 3.8) is 0 Å². The van der Waals surface area contributed by atoms with Crippen LogP contribution in [0.2, 0.25) is 0 Å². The van der Waals surface area contributed by atoms with Crippen molar-refractivity contribution in [3.05, 3.63) is 45.5 Å².